The number of hydrogen-bond acceptors (Lipinski definition) is 8. The zero-order valence-electron chi connectivity index (χ0n) is 15.9. The van der Waals surface area contributed by atoms with Crippen molar-refractivity contribution < 1.29 is 24.3 Å². The highest BCUT2D eigenvalue weighted by molar-refractivity contribution is 7.98. The Kier molecular flexibility index (Phi) is 11.2. The summed E-state index contributed by atoms with van der Waals surface area (Å²) in [6.45, 7) is -0.560. The van der Waals surface area contributed by atoms with Crippen molar-refractivity contribution in [2.24, 2.45) is 5.73 Å². The number of aliphatic carboxylic acids is 1. The molecule has 0 fully saturated rings. The van der Waals surface area contributed by atoms with Crippen LogP contribution in [0.4, 0.5) is 0 Å². The number of rotatable bonds is 13. The minimum absolute atomic E-state index is 0.0954. The average Bonchev–Trinajstić information content (AvgIpc) is 3.20. The maximum atomic E-state index is 12.8. The molecule has 3 amide bonds. The van der Waals surface area contributed by atoms with Crippen molar-refractivity contribution in [3.8, 4) is 0 Å². The highest BCUT2D eigenvalue weighted by Crippen LogP contribution is 2.04. The molecular weight excluding hydrogens is 420 g/mol. The molecule has 0 aliphatic carbocycles. The SMILES string of the molecule is CSCCC(NC(=O)C(Cc1cnc[nH]1)NC(=O)C(N)CS)C(=O)NCC(=O)O. The van der Waals surface area contributed by atoms with Gasteiger partial charge in [0.25, 0.3) is 0 Å². The fourth-order valence-corrected chi connectivity index (χ4v) is 2.89. The summed E-state index contributed by atoms with van der Waals surface area (Å²) in [4.78, 5) is 54.6. The molecule has 0 saturated heterocycles. The van der Waals surface area contributed by atoms with Crippen molar-refractivity contribution in [3.63, 3.8) is 0 Å². The van der Waals surface area contributed by atoms with Crippen LogP contribution in [0.3, 0.4) is 0 Å². The largest absolute Gasteiger partial charge is 0.480 e. The summed E-state index contributed by atoms with van der Waals surface area (Å²) in [5.41, 5.74) is 6.26. The first-order valence-electron chi connectivity index (χ1n) is 8.71. The quantitative estimate of drug-likeness (QED) is 0.172. The first kappa shape index (κ1) is 24.8. The van der Waals surface area contributed by atoms with Crippen molar-refractivity contribution >= 4 is 48.1 Å². The molecule has 3 atom stereocenters. The number of nitrogens with two attached hydrogens (primary N) is 1. The van der Waals surface area contributed by atoms with E-state index in [1.54, 1.807) is 0 Å². The average molecular weight is 447 g/mol. The standard InChI is InChI=1S/C16H26N6O5S2/c1-29-3-2-11(15(26)19-6-13(23)24)21-16(27)12(4-9-5-18-8-20-9)22-14(25)10(17)7-28/h5,8,10-12,28H,2-4,6-7,17H2,1H3,(H,18,20)(H,19,26)(H,21,27)(H,22,25)(H,23,24). The number of amides is 3. The van der Waals surface area contributed by atoms with Gasteiger partial charge >= 0.3 is 5.97 Å². The van der Waals surface area contributed by atoms with E-state index in [4.69, 9.17) is 10.8 Å². The van der Waals surface area contributed by atoms with Crippen molar-refractivity contribution in [1.82, 2.24) is 25.9 Å². The third-order valence-corrected chi connectivity index (χ3v) is 4.84. The van der Waals surface area contributed by atoms with Crippen molar-refractivity contribution in [2.75, 3.05) is 24.3 Å². The van der Waals surface area contributed by atoms with Gasteiger partial charge in [-0.15, -0.1) is 0 Å². The molecule has 0 aliphatic heterocycles. The van der Waals surface area contributed by atoms with Gasteiger partial charge in [-0.05, 0) is 18.4 Å². The molecule has 0 saturated carbocycles. The molecule has 1 rings (SSSR count). The Balaban J connectivity index is 2.89. The monoisotopic (exact) mass is 446 g/mol. The zero-order chi connectivity index (χ0) is 21.8. The van der Waals surface area contributed by atoms with Crippen molar-refractivity contribution in [2.45, 2.75) is 31.0 Å². The third kappa shape index (κ3) is 9.19. The lowest BCUT2D eigenvalue weighted by Gasteiger charge is -2.23. The Morgan fingerprint density at radius 1 is 1.24 bits per heavy atom. The lowest BCUT2D eigenvalue weighted by atomic mass is 10.1. The Hall–Kier alpha value is -2.25. The van der Waals surface area contributed by atoms with Gasteiger partial charge in [0.15, 0.2) is 0 Å². The molecule has 29 heavy (non-hydrogen) atoms. The summed E-state index contributed by atoms with van der Waals surface area (Å²) in [6, 6.07) is -2.87. The van der Waals surface area contributed by atoms with Crippen LogP contribution in [0, 0.1) is 0 Å². The first-order chi connectivity index (χ1) is 13.8. The smallest absolute Gasteiger partial charge is 0.322 e. The lowest BCUT2D eigenvalue weighted by Crippen LogP contribution is -2.57. The number of nitrogens with one attached hydrogen (secondary N) is 4. The van der Waals surface area contributed by atoms with E-state index < -0.39 is 48.4 Å². The summed E-state index contributed by atoms with van der Waals surface area (Å²) < 4.78 is 0. The number of thioether (sulfide) groups is 1. The molecule has 0 bridgehead atoms. The highest BCUT2D eigenvalue weighted by atomic mass is 32.2. The Bertz CT molecular complexity index is 687. The molecule has 162 valence electrons. The fraction of sp³-hybridized carbons (Fsp3) is 0.562. The number of nitrogens with zero attached hydrogens (tertiary/aromatic N) is 1. The number of carbonyl (C=O) groups is 4. The van der Waals surface area contributed by atoms with Crippen molar-refractivity contribution in [1.29, 1.82) is 0 Å². The van der Waals surface area contributed by atoms with E-state index in [0.29, 0.717) is 17.9 Å². The molecule has 1 aromatic heterocycles. The Morgan fingerprint density at radius 2 is 1.93 bits per heavy atom. The van der Waals surface area contributed by atoms with Crippen LogP contribution in [0.15, 0.2) is 12.5 Å². The minimum Gasteiger partial charge on any atom is -0.480 e. The van der Waals surface area contributed by atoms with Gasteiger partial charge in [0, 0.05) is 24.1 Å². The molecule has 13 heteroatoms. The van der Waals surface area contributed by atoms with Gasteiger partial charge in [0.1, 0.15) is 18.6 Å². The third-order valence-electron chi connectivity index (χ3n) is 3.80. The molecule has 11 nitrogen and oxygen atoms in total. The normalized spacial score (nSPS) is 13.8. The van der Waals surface area contributed by atoms with Gasteiger partial charge < -0.3 is 31.8 Å². The van der Waals surface area contributed by atoms with Crippen LogP contribution in [0.1, 0.15) is 12.1 Å². The first-order valence-corrected chi connectivity index (χ1v) is 10.7. The van der Waals surface area contributed by atoms with Crippen molar-refractivity contribution in [3.05, 3.63) is 18.2 Å². The second-order valence-electron chi connectivity index (χ2n) is 6.09. The number of thiol groups is 1. The lowest BCUT2D eigenvalue weighted by molar-refractivity contribution is -0.138. The van der Waals surface area contributed by atoms with E-state index >= 15 is 0 Å². The predicted molar refractivity (Wildman–Crippen MR) is 112 cm³/mol. The van der Waals surface area contributed by atoms with Crippen LogP contribution >= 0.6 is 24.4 Å². The number of imidazole rings is 1. The maximum absolute atomic E-state index is 12.8. The molecule has 0 aliphatic rings. The van der Waals surface area contributed by atoms with Crippen LogP contribution in [0.2, 0.25) is 0 Å². The van der Waals surface area contributed by atoms with Gasteiger partial charge in [-0.1, -0.05) is 0 Å². The summed E-state index contributed by atoms with van der Waals surface area (Å²) in [5.74, 6) is -2.32. The van der Waals surface area contributed by atoms with Gasteiger partial charge in [-0.3, -0.25) is 19.2 Å². The van der Waals surface area contributed by atoms with Crippen LogP contribution in [0.25, 0.3) is 0 Å². The molecule has 1 heterocycles. The second-order valence-corrected chi connectivity index (χ2v) is 7.44. The Labute approximate surface area is 177 Å². The second kappa shape index (κ2) is 13.1. The van der Waals surface area contributed by atoms with Crippen LogP contribution in [-0.2, 0) is 25.6 Å². The maximum Gasteiger partial charge on any atom is 0.322 e. The summed E-state index contributed by atoms with van der Waals surface area (Å²) in [7, 11) is 0. The summed E-state index contributed by atoms with van der Waals surface area (Å²) >= 11 is 5.45. The topological polar surface area (TPSA) is 179 Å². The van der Waals surface area contributed by atoms with Gasteiger partial charge in [0.2, 0.25) is 17.7 Å². The van der Waals surface area contributed by atoms with E-state index in [2.05, 4.69) is 38.5 Å². The van der Waals surface area contributed by atoms with Gasteiger partial charge in [-0.25, -0.2) is 4.98 Å². The molecular formula is C16H26N6O5S2. The summed E-state index contributed by atoms with van der Waals surface area (Å²) in [5, 5.41) is 16.1. The van der Waals surface area contributed by atoms with E-state index in [1.165, 1.54) is 24.3 Å². The predicted octanol–water partition coefficient (Wildman–Crippen LogP) is -1.87. The van der Waals surface area contributed by atoms with E-state index in [0.717, 1.165) is 0 Å². The Morgan fingerprint density at radius 3 is 2.48 bits per heavy atom. The zero-order valence-corrected chi connectivity index (χ0v) is 17.6. The fourth-order valence-electron chi connectivity index (χ4n) is 2.25. The molecule has 0 radical (unpaired) electrons. The molecule has 7 N–H and O–H groups in total. The minimum atomic E-state index is -1.20. The number of H-pyrrole nitrogens is 1. The molecule has 1 aromatic rings. The number of aromatic amines is 1. The molecule has 3 unspecified atom stereocenters. The highest BCUT2D eigenvalue weighted by Gasteiger charge is 2.28. The van der Waals surface area contributed by atoms with Gasteiger partial charge in [0.05, 0.1) is 12.4 Å². The van der Waals surface area contributed by atoms with E-state index in [1.807, 2.05) is 6.26 Å². The van der Waals surface area contributed by atoms with E-state index in [-0.39, 0.29) is 12.2 Å². The van der Waals surface area contributed by atoms with Crippen LogP contribution in [0.5, 0.6) is 0 Å². The van der Waals surface area contributed by atoms with Crippen LogP contribution in [-0.4, -0.2) is 81.2 Å². The number of hydrogen-bond donors (Lipinski definition) is 7. The number of aromatic nitrogens is 2. The number of carbonyl (C=O) groups excluding carboxylic acids is 3. The van der Waals surface area contributed by atoms with Gasteiger partial charge in [-0.2, -0.15) is 24.4 Å². The number of carboxylic acids is 1. The molecule has 0 spiro atoms. The van der Waals surface area contributed by atoms with E-state index in [9.17, 15) is 19.2 Å². The molecule has 0 aromatic carbocycles. The van der Waals surface area contributed by atoms with Crippen LogP contribution < -0.4 is 21.7 Å². The summed E-state index contributed by atoms with van der Waals surface area (Å²) in [6.07, 6.45) is 5.18. The number of carboxylic acid groups (broad SMARTS) is 1.